The molecule has 252 valence electrons. The van der Waals surface area contributed by atoms with Gasteiger partial charge in [-0.25, -0.2) is 4.79 Å². The molecule has 0 saturated carbocycles. The second kappa shape index (κ2) is 14.9. The van der Waals surface area contributed by atoms with Crippen molar-refractivity contribution in [2.45, 2.75) is 88.4 Å². The molecule has 47 heavy (non-hydrogen) atoms. The van der Waals surface area contributed by atoms with Gasteiger partial charge in [0.05, 0.1) is 22.6 Å². The quantitative estimate of drug-likeness (QED) is 0.199. The van der Waals surface area contributed by atoms with Crippen LogP contribution in [0.4, 0.5) is 13.2 Å². The highest BCUT2D eigenvalue weighted by molar-refractivity contribution is 6.05. The predicted molar refractivity (Wildman–Crippen MR) is 174 cm³/mol. The van der Waals surface area contributed by atoms with Gasteiger partial charge in [-0.3, -0.25) is 9.59 Å². The third-order valence-corrected chi connectivity index (χ3v) is 9.76. The Hall–Kier alpha value is -3.92. The highest BCUT2D eigenvalue weighted by atomic mass is 19.4. The highest BCUT2D eigenvalue weighted by Crippen LogP contribution is 2.55. The Morgan fingerprint density at radius 3 is 2.45 bits per heavy atom. The number of fused-ring (bicyclic) bond motifs is 3. The Morgan fingerprint density at radius 2 is 1.72 bits per heavy atom. The van der Waals surface area contributed by atoms with Crippen LogP contribution >= 0.6 is 0 Å². The van der Waals surface area contributed by atoms with Gasteiger partial charge >= 0.3 is 12.1 Å². The van der Waals surface area contributed by atoms with Crippen LogP contribution in [-0.2, 0) is 14.9 Å². The van der Waals surface area contributed by atoms with Crippen molar-refractivity contribution in [1.29, 1.82) is 0 Å². The molecule has 2 aliphatic carbocycles. The molecular formula is C37H44F3N3O4. The number of nitrogens with zero attached hydrogens (tertiary/aromatic N) is 1. The minimum atomic E-state index is -4.50. The van der Waals surface area contributed by atoms with E-state index in [1.807, 2.05) is 56.3 Å². The summed E-state index contributed by atoms with van der Waals surface area (Å²) in [6, 6.07) is 14.3. The van der Waals surface area contributed by atoms with E-state index in [0.29, 0.717) is 24.8 Å². The average Bonchev–Trinajstić information content (AvgIpc) is 3.36. The third kappa shape index (κ3) is 7.80. The molecule has 5 rings (SSSR count). The molecule has 3 aliphatic rings. The number of halogens is 3. The summed E-state index contributed by atoms with van der Waals surface area (Å²) in [4.78, 5) is 41.9. The first-order chi connectivity index (χ1) is 22.5. The average molecular weight is 652 g/mol. The van der Waals surface area contributed by atoms with Crippen LogP contribution in [-0.4, -0.2) is 67.2 Å². The van der Waals surface area contributed by atoms with Crippen molar-refractivity contribution in [3.8, 4) is 0 Å². The Balaban J connectivity index is 1.17. The Kier molecular flexibility index (Phi) is 10.9. The van der Waals surface area contributed by atoms with Crippen LogP contribution in [0.1, 0.15) is 96.6 Å². The number of carbonyl (C=O) groups excluding carboxylic acids is 3. The van der Waals surface area contributed by atoms with Crippen LogP contribution in [0.25, 0.3) is 0 Å². The highest BCUT2D eigenvalue weighted by Gasteiger charge is 2.52. The number of benzene rings is 2. The smallest absolute Gasteiger partial charge is 0.405 e. The number of hydrogen-bond donors (Lipinski definition) is 2. The van der Waals surface area contributed by atoms with Gasteiger partial charge in [0.25, 0.3) is 5.91 Å². The van der Waals surface area contributed by atoms with Crippen LogP contribution in [0.15, 0.2) is 72.3 Å². The maximum Gasteiger partial charge on any atom is 0.405 e. The molecule has 0 aromatic heterocycles. The molecule has 3 unspecified atom stereocenters. The number of carbonyl (C=O) groups is 3. The molecule has 2 aromatic carbocycles. The summed E-state index contributed by atoms with van der Waals surface area (Å²) < 4.78 is 45.0. The van der Waals surface area contributed by atoms with Crippen molar-refractivity contribution in [1.82, 2.24) is 15.5 Å². The van der Waals surface area contributed by atoms with E-state index in [4.69, 9.17) is 4.74 Å². The lowest BCUT2D eigenvalue weighted by Crippen LogP contribution is -2.47. The van der Waals surface area contributed by atoms with Gasteiger partial charge in [-0.2, -0.15) is 13.2 Å². The maximum absolute atomic E-state index is 13.7. The van der Waals surface area contributed by atoms with Gasteiger partial charge in [-0.05, 0) is 80.8 Å². The largest absolute Gasteiger partial charge is 0.459 e. The summed E-state index contributed by atoms with van der Waals surface area (Å²) in [7, 11) is 0. The van der Waals surface area contributed by atoms with E-state index in [0.717, 1.165) is 62.0 Å². The second-order valence-corrected chi connectivity index (χ2v) is 12.8. The summed E-state index contributed by atoms with van der Waals surface area (Å²) >= 11 is 0. The Labute approximate surface area is 274 Å². The molecule has 3 atom stereocenters. The summed E-state index contributed by atoms with van der Waals surface area (Å²) in [6.07, 6.45) is 5.92. The van der Waals surface area contributed by atoms with E-state index in [2.05, 4.69) is 15.5 Å². The molecule has 1 heterocycles. The van der Waals surface area contributed by atoms with E-state index in [-0.39, 0.29) is 29.5 Å². The van der Waals surface area contributed by atoms with Crippen LogP contribution in [0, 0.1) is 0 Å². The predicted octanol–water partition coefficient (Wildman–Crippen LogP) is 6.61. The number of alkyl halides is 3. The van der Waals surface area contributed by atoms with Crippen LogP contribution < -0.4 is 10.6 Å². The molecule has 0 bridgehead atoms. The van der Waals surface area contributed by atoms with E-state index in [1.165, 1.54) is 0 Å². The first-order valence-corrected chi connectivity index (χ1v) is 16.7. The van der Waals surface area contributed by atoms with E-state index in [1.54, 1.807) is 24.3 Å². The molecule has 2 amide bonds. The van der Waals surface area contributed by atoms with Crippen molar-refractivity contribution >= 4 is 17.8 Å². The lowest BCUT2D eigenvalue weighted by atomic mass is 9.71. The Bertz CT molecular complexity index is 1510. The number of hydrogen-bond acceptors (Lipinski definition) is 5. The van der Waals surface area contributed by atoms with Gasteiger partial charge in [0.15, 0.2) is 0 Å². The van der Waals surface area contributed by atoms with E-state index >= 15 is 0 Å². The number of nitrogens with one attached hydrogen (secondary N) is 2. The third-order valence-electron chi connectivity index (χ3n) is 9.76. The van der Waals surface area contributed by atoms with Crippen LogP contribution in [0.2, 0.25) is 0 Å². The van der Waals surface area contributed by atoms with Gasteiger partial charge in [-0.15, -0.1) is 0 Å². The summed E-state index contributed by atoms with van der Waals surface area (Å²) in [6.45, 7) is 4.73. The van der Waals surface area contributed by atoms with Gasteiger partial charge in [0.2, 0.25) is 5.91 Å². The number of ether oxygens (including phenoxy) is 1. The van der Waals surface area contributed by atoms with Gasteiger partial charge in [-0.1, -0.05) is 68.0 Å². The monoisotopic (exact) mass is 651 g/mol. The molecule has 2 aromatic rings. The summed E-state index contributed by atoms with van der Waals surface area (Å²) in [5.41, 5.74) is 2.13. The standard InChI is InChI=1S/C37H44F3N3O4/c1-3-25(2)47-34(45)30-15-5-4-14-29(30)33(44)42-26-18-22-43(23-19-26)21-11-10-20-36(35(46)41-24-37(38,39)40)31-16-8-6-12-27(31)28-13-7-9-17-32(28)36/h4-9,12,14-17,25-26,28H,3,10-11,13,18-24H2,1-2H3,(H,41,46)(H,42,44). The fraction of sp³-hybridized carbons (Fsp3) is 0.486. The van der Waals surface area contributed by atoms with Gasteiger partial charge in [0.1, 0.15) is 6.54 Å². The first-order valence-electron chi connectivity index (χ1n) is 16.7. The lowest BCUT2D eigenvalue weighted by molar-refractivity contribution is -0.141. The summed E-state index contributed by atoms with van der Waals surface area (Å²) in [5, 5.41) is 5.31. The fourth-order valence-corrected chi connectivity index (χ4v) is 7.16. The van der Waals surface area contributed by atoms with Crippen molar-refractivity contribution in [3.05, 3.63) is 94.6 Å². The molecule has 0 spiro atoms. The number of likely N-dealkylation sites (tertiary alicyclic amines) is 1. The van der Waals surface area contributed by atoms with Crippen molar-refractivity contribution in [2.24, 2.45) is 0 Å². The lowest BCUT2D eigenvalue weighted by Gasteiger charge is -2.34. The van der Waals surface area contributed by atoms with Gasteiger partial charge < -0.3 is 20.3 Å². The molecule has 7 nitrogen and oxygen atoms in total. The zero-order valence-electron chi connectivity index (χ0n) is 27.1. The molecule has 10 heteroatoms. The van der Waals surface area contributed by atoms with E-state index in [9.17, 15) is 27.6 Å². The zero-order chi connectivity index (χ0) is 33.6. The summed E-state index contributed by atoms with van der Waals surface area (Å²) in [5.74, 6) is -1.40. The van der Waals surface area contributed by atoms with Gasteiger partial charge in [0, 0.05) is 25.0 Å². The fourth-order valence-electron chi connectivity index (χ4n) is 7.16. The second-order valence-electron chi connectivity index (χ2n) is 12.8. The van der Waals surface area contributed by atoms with Crippen molar-refractivity contribution in [3.63, 3.8) is 0 Å². The Morgan fingerprint density at radius 1 is 1.02 bits per heavy atom. The topological polar surface area (TPSA) is 87.7 Å². The number of rotatable bonds is 12. The molecule has 2 N–H and O–H groups in total. The number of allylic oxidation sites excluding steroid dienone is 3. The number of esters is 1. The molecular weight excluding hydrogens is 607 g/mol. The maximum atomic E-state index is 13.7. The van der Waals surface area contributed by atoms with Crippen molar-refractivity contribution < 1.29 is 32.3 Å². The van der Waals surface area contributed by atoms with Crippen LogP contribution in [0.5, 0.6) is 0 Å². The zero-order valence-corrected chi connectivity index (χ0v) is 27.1. The SMILES string of the molecule is CCC(C)OC(=O)c1ccccc1C(=O)NC1CCN(CCCCC2(C(=O)NCC(F)(F)F)C3=CC=CCC3c3ccccc32)CC1. The molecule has 0 radical (unpaired) electrons. The minimum Gasteiger partial charge on any atom is -0.459 e. The number of piperidine rings is 1. The number of amides is 2. The molecule has 1 aliphatic heterocycles. The van der Waals surface area contributed by atoms with Crippen LogP contribution in [0.3, 0.4) is 0 Å². The normalized spacial score (nSPS) is 21.7. The number of unbranched alkanes of at least 4 members (excludes halogenated alkanes) is 1. The van der Waals surface area contributed by atoms with Crippen molar-refractivity contribution in [2.75, 3.05) is 26.2 Å². The molecule has 1 fully saturated rings. The minimum absolute atomic E-state index is 0.0143. The first kappa shape index (κ1) is 34.4. The van der Waals surface area contributed by atoms with E-state index < -0.39 is 30.0 Å². The molecule has 1 saturated heterocycles.